The van der Waals surface area contributed by atoms with E-state index >= 15 is 0 Å². The van der Waals surface area contributed by atoms with Gasteiger partial charge in [-0.05, 0) is 48.1 Å². The van der Waals surface area contributed by atoms with Crippen LogP contribution in [0.5, 0.6) is 0 Å². The SMILES string of the molecule is CC1CC(N2C(=O)C(C)NC2c2ccsc2)C1. The zero-order valence-electron chi connectivity index (χ0n) is 10.2. The summed E-state index contributed by atoms with van der Waals surface area (Å²) in [6.07, 6.45) is 2.41. The molecule has 2 unspecified atom stereocenters. The average molecular weight is 250 g/mol. The van der Waals surface area contributed by atoms with Gasteiger partial charge in [-0.2, -0.15) is 11.3 Å². The molecule has 2 aliphatic rings. The van der Waals surface area contributed by atoms with Crippen molar-refractivity contribution in [1.82, 2.24) is 10.2 Å². The Hall–Kier alpha value is -0.870. The fourth-order valence-corrected chi connectivity index (χ4v) is 3.58. The van der Waals surface area contributed by atoms with Crippen molar-refractivity contribution in [2.75, 3.05) is 0 Å². The number of carbonyl (C=O) groups excluding carboxylic acids is 1. The Labute approximate surface area is 106 Å². The molecule has 4 heteroatoms. The molecule has 0 radical (unpaired) electrons. The average Bonchev–Trinajstić information content (AvgIpc) is 2.85. The van der Waals surface area contributed by atoms with Crippen LogP contribution in [0.3, 0.4) is 0 Å². The predicted octanol–water partition coefficient (Wildman–Crippen LogP) is 2.37. The standard InChI is InChI=1S/C13H18N2OS/c1-8-5-11(6-8)15-12(10-3-4-17-7-10)14-9(2)13(15)16/h3-4,7-9,11-12,14H,5-6H2,1-2H3. The Bertz CT molecular complexity index is 411. The van der Waals surface area contributed by atoms with E-state index in [4.69, 9.17) is 0 Å². The van der Waals surface area contributed by atoms with E-state index in [-0.39, 0.29) is 18.1 Å². The molecule has 1 saturated heterocycles. The van der Waals surface area contributed by atoms with Crippen LogP contribution in [0.2, 0.25) is 0 Å². The lowest BCUT2D eigenvalue weighted by molar-refractivity contribution is -0.134. The summed E-state index contributed by atoms with van der Waals surface area (Å²) in [4.78, 5) is 14.3. The summed E-state index contributed by atoms with van der Waals surface area (Å²) >= 11 is 1.69. The second-order valence-electron chi connectivity index (χ2n) is 5.32. The van der Waals surface area contributed by atoms with Crippen molar-refractivity contribution >= 4 is 17.2 Å². The maximum absolute atomic E-state index is 12.2. The van der Waals surface area contributed by atoms with E-state index in [0.717, 1.165) is 18.8 Å². The first kappa shape index (κ1) is 11.2. The lowest BCUT2D eigenvalue weighted by atomic mass is 9.80. The van der Waals surface area contributed by atoms with E-state index in [0.29, 0.717) is 6.04 Å². The van der Waals surface area contributed by atoms with Crippen molar-refractivity contribution < 1.29 is 4.79 Å². The molecular weight excluding hydrogens is 232 g/mol. The van der Waals surface area contributed by atoms with Crippen LogP contribution < -0.4 is 5.32 Å². The van der Waals surface area contributed by atoms with E-state index in [1.54, 1.807) is 11.3 Å². The van der Waals surface area contributed by atoms with Gasteiger partial charge in [-0.25, -0.2) is 0 Å². The van der Waals surface area contributed by atoms with Crippen molar-refractivity contribution in [2.24, 2.45) is 5.92 Å². The number of thiophene rings is 1. The van der Waals surface area contributed by atoms with Gasteiger partial charge in [0.2, 0.25) is 5.91 Å². The van der Waals surface area contributed by atoms with Crippen LogP contribution in [-0.2, 0) is 4.79 Å². The Morgan fingerprint density at radius 1 is 1.41 bits per heavy atom. The fourth-order valence-electron chi connectivity index (χ4n) is 2.90. The van der Waals surface area contributed by atoms with Crippen LogP contribution in [0.15, 0.2) is 16.8 Å². The van der Waals surface area contributed by atoms with Crippen molar-refractivity contribution in [3.05, 3.63) is 22.4 Å². The van der Waals surface area contributed by atoms with Crippen LogP contribution in [0, 0.1) is 5.92 Å². The van der Waals surface area contributed by atoms with Gasteiger partial charge in [-0.3, -0.25) is 10.1 Å². The predicted molar refractivity (Wildman–Crippen MR) is 68.7 cm³/mol. The van der Waals surface area contributed by atoms with E-state index < -0.39 is 0 Å². The normalized spacial score (nSPS) is 37.3. The summed E-state index contributed by atoms with van der Waals surface area (Å²) in [5.74, 6) is 1.03. The third-order valence-electron chi connectivity index (χ3n) is 3.91. The number of hydrogen-bond acceptors (Lipinski definition) is 3. The highest BCUT2D eigenvalue weighted by atomic mass is 32.1. The first-order valence-corrected chi connectivity index (χ1v) is 7.21. The minimum atomic E-state index is -0.0455. The van der Waals surface area contributed by atoms with Crippen LogP contribution >= 0.6 is 11.3 Å². The van der Waals surface area contributed by atoms with Gasteiger partial charge in [0, 0.05) is 6.04 Å². The first-order valence-electron chi connectivity index (χ1n) is 6.27. The molecule has 1 aliphatic carbocycles. The maximum atomic E-state index is 12.2. The van der Waals surface area contributed by atoms with Gasteiger partial charge in [0.25, 0.3) is 0 Å². The molecule has 2 heterocycles. The van der Waals surface area contributed by atoms with Gasteiger partial charge in [-0.1, -0.05) is 6.92 Å². The molecule has 1 N–H and O–H groups in total. The molecular formula is C13H18N2OS. The Balaban J connectivity index is 1.84. The fraction of sp³-hybridized carbons (Fsp3) is 0.615. The molecule has 1 aromatic rings. The minimum absolute atomic E-state index is 0.0455. The first-order chi connectivity index (χ1) is 8.16. The quantitative estimate of drug-likeness (QED) is 0.874. The summed E-state index contributed by atoms with van der Waals surface area (Å²) in [5.41, 5.74) is 1.23. The van der Waals surface area contributed by atoms with Crippen LogP contribution in [0.1, 0.15) is 38.4 Å². The monoisotopic (exact) mass is 250 g/mol. The topological polar surface area (TPSA) is 32.3 Å². The molecule has 0 bridgehead atoms. The molecule has 1 amide bonds. The molecule has 1 aliphatic heterocycles. The number of rotatable bonds is 2. The summed E-state index contributed by atoms with van der Waals surface area (Å²) < 4.78 is 0. The molecule has 1 aromatic heterocycles. The highest BCUT2D eigenvalue weighted by Gasteiger charge is 2.44. The number of hydrogen-bond donors (Lipinski definition) is 1. The van der Waals surface area contributed by atoms with E-state index in [1.165, 1.54) is 5.56 Å². The molecule has 2 atom stereocenters. The third-order valence-corrected chi connectivity index (χ3v) is 4.61. The number of amides is 1. The van der Waals surface area contributed by atoms with Crippen LogP contribution in [-0.4, -0.2) is 22.9 Å². The second-order valence-corrected chi connectivity index (χ2v) is 6.10. The molecule has 92 valence electrons. The Morgan fingerprint density at radius 2 is 2.18 bits per heavy atom. The van der Waals surface area contributed by atoms with Gasteiger partial charge < -0.3 is 4.90 Å². The molecule has 17 heavy (non-hydrogen) atoms. The zero-order valence-corrected chi connectivity index (χ0v) is 11.0. The molecule has 1 saturated carbocycles. The highest BCUT2D eigenvalue weighted by molar-refractivity contribution is 7.07. The van der Waals surface area contributed by atoms with Gasteiger partial charge in [0.15, 0.2) is 0 Å². The summed E-state index contributed by atoms with van der Waals surface area (Å²) in [7, 11) is 0. The van der Waals surface area contributed by atoms with E-state index in [1.807, 2.05) is 6.92 Å². The lowest BCUT2D eigenvalue weighted by Crippen LogP contribution is -2.46. The van der Waals surface area contributed by atoms with Crippen molar-refractivity contribution in [3.8, 4) is 0 Å². The maximum Gasteiger partial charge on any atom is 0.241 e. The van der Waals surface area contributed by atoms with Gasteiger partial charge in [-0.15, -0.1) is 0 Å². The van der Waals surface area contributed by atoms with E-state index in [9.17, 15) is 4.79 Å². The van der Waals surface area contributed by atoms with E-state index in [2.05, 4.69) is 34.0 Å². The Morgan fingerprint density at radius 3 is 2.76 bits per heavy atom. The zero-order chi connectivity index (χ0) is 12.0. The molecule has 2 fully saturated rings. The van der Waals surface area contributed by atoms with Crippen molar-refractivity contribution in [2.45, 2.75) is 44.9 Å². The number of nitrogens with one attached hydrogen (secondary N) is 1. The summed E-state index contributed by atoms with van der Waals surface area (Å²) in [6, 6.07) is 2.51. The number of nitrogens with zero attached hydrogens (tertiary/aromatic N) is 1. The van der Waals surface area contributed by atoms with Crippen molar-refractivity contribution in [3.63, 3.8) is 0 Å². The van der Waals surface area contributed by atoms with Crippen LogP contribution in [0.25, 0.3) is 0 Å². The second kappa shape index (κ2) is 4.10. The lowest BCUT2D eigenvalue weighted by Gasteiger charge is -2.42. The van der Waals surface area contributed by atoms with Crippen LogP contribution in [0.4, 0.5) is 0 Å². The molecule has 3 nitrogen and oxygen atoms in total. The summed E-state index contributed by atoms with van der Waals surface area (Å²) in [5, 5.41) is 7.62. The van der Waals surface area contributed by atoms with Crippen molar-refractivity contribution in [1.29, 1.82) is 0 Å². The molecule has 3 rings (SSSR count). The number of carbonyl (C=O) groups is 1. The molecule has 0 spiro atoms. The van der Waals surface area contributed by atoms with Gasteiger partial charge >= 0.3 is 0 Å². The smallest absolute Gasteiger partial charge is 0.241 e. The highest BCUT2D eigenvalue weighted by Crippen LogP contribution is 2.38. The summed E-state index contributed by atoms with van der Waals surface area (Å²) in [6.45, 7) is 4.22. The Kier molecular flexibility index (Phi) is 2.71. The van der Waals surface area contributed by atoms with Gasteiger partial charge in [0.1, 0.15) is 6.17 Å². The largest absolute Gasteiger partial charge is 0.319 e. The molecule has 0 aromatic carbocycles. The third kappa shape index (κ3) is 1.79. The minimum Gasteiger partial charge on any atom is -0.319 e. The van der Waals surface area contributed by atoms with Gasteiger partial charge in [0.05, 0.1) is 6.04 Å².